The molecule has 8 heteroatoms. The average molecular weight is 269 g/mol. The molecule has 2 rings (SSSR count). The number of para-hydroxylation sites is 2. The Hall–Kier alpha value is -1.24. The van der Waals surface area contributed by atoms with Gasteiger partial charge in [-0.2, -0.15) is 0 Å². The van der Waals surface area contributed by atoms with Gasteiger partial charge in [0.1, 0.15) is 0 Å². The molecule has 0 aliphatic carbocycles. The number of hydrogen-bond acceptors (Lipinski definition) is 1. The number of fused-ring (bicyclic) bond motifs is 1. The van der Waals surface area contributed by atoms with E-state index < -0.39 is 7.25 Å². The maximum absolute atomic E-state index is 9.75. The van der Waals surface area contributed by atoms with Crippen LogP contribution in [0, 0.1) is 0 Å². The number of hydrogen-bond donors (Lipinski definition) is 0. The van der Waals surface area contributed by atoms with Crippen LogP contribution in [-0.4, -0.2) is 7.25 Å². The van der Waals surface area contributed by atoms with Crippen molar-refractivity contribution in [2.24, 2.45) is 0 Å². The van der Waals surface area contributed by atoms with Gasteiger partial charge in [0.2, 0.25) is 5.58 Å². The first-order chi connectivity index (χ1) is 7.83. The maximum Gasteiger partial charge on any atom is 0.673 e. The topological polar surface area (TPSA) is 17.0 Å². The van der Waals surface area contributed by atoms with E-state index in [1.807, 2.05) is 35.8 Å². The van der Waals surface area contributed by atoms with Crippen LogP contribution in [-0.2, 0) is 6.54 Å². The Balaban J connectivity index is 0.000000249. The van der Waals surface area contributed by atoms with Crippen LogP contribution < -0.4 is 4.57 Å². The summed E-state index contributed by atoms with van der Waals surface area (Å²) < 4.78 is 46.2. The number of nitrogens with zero attached hydrogens (tertiary/aromatic N) is 1. The molecule has 2 aromatic rings. The quantitative estimate of drug-likeness (QED) is 0.438. The molecular weight excluding hydrogens is 260 g/mol. The second kappa shape index (κ2) is 5.40. The van der Waals surface area contributed by atoms with Gasteiger partial charge >= 0.3 is 12.6 Å². The van der Waals surface area contributed by atoms with Crippen molar-refractivity contribution in [2.45, 2.75) is 13.5 Å². The maximum atomic E-state index is 9.75. The molecule has 1 aromatic carbocycles. The van der Waals surface area contributed by atoms with E-state index >= 15 is 0 Å². The van der Waals surface area contributed by atoms with Gasteiger partial charge in [0, 0.05) is 17.7 Å². The molecule has 0 unspecified atom stereocenters. The highest BCUT2D eigenvalue weighted by Gasteiger charge is 2.20. The molecule has 0 amide bonds. The lowest BCUT2D eigenvalue weighted by Gasteiger charge is -1.94. The molecular formula is C9H9BClF4NO. The number of halogens is 5. The summed E-state index contributed by atoms with van der Waals surface area (Å²) in [6.07, 6.45) is 0. The van der Waals surface area contributed by atoms with Gasteiger partial charge in [-0.05, 0) is 13.0 Å². The van der Waals surface area contributed by atoms with E-state index in [2.05, 4.69) is 0 Å². The van der Waals surface area contributed by atoms with Gasteiger partial charge in [-0.1, -0.05) is 12.1 Å². The first-order valence-corrected chi connectivity index (χ1v) is 5.15. The Morgan fingerprint density at radius 2 is 1.76 bits per heavy atom. The molecule has 0 fully saturated rings. The molecule has 0 N–H and O–H groups in total. The van der Waals surface area contributed by atoms with Crippen LogP contribution in [0.1, 0.15) is 6.92 Å². The second-order valence-electron chi connectivity index (χ2n) is 3.06. The fraction of sp³-hybridized carbons (Fsp3) is 0.222. The van der Waals surface area contributed by atoms with Crippen molar-refractivity contribution < 1.29 is 26.2 Å². The van der Waals surface area contributed by atoms with Crippen LogP contribution >= 0.6 is 11.6 Å². The Kier molecular flexibility index (Phi) is 4.39. The van der Waals surface area contributed by atoms with E-state index in [0.29, 0.717) is 5.35 Å². The van der Waals surface area contributed by atoms with Crippen molar-refractivity contribution in [3.8, 4) is 0 Å². The fourth-order valence-electron chi connectivity index (χ4n) is 1.30. The summed E-state index contributed by atoms with van der Waals surface area (Å²) in [5.74, 6) is 0. The minimum Gasteiger partial charge on any atom is -0.418 e. The van der Waals surface area contributed by atoms with Gasteiger partial charge in [-0.3, -0.25) is 0 Å². The number of benzene rings is 1. The molecule has 0 spiro atoms. The summed E-state index contributed by atoms with van der Waals surface area (Å²) in [6, 6.07) is 7.81. The third-order valence-corrected chi connectivity index (χ3v) is 2.16. The lowest BCUT2D eigenvalue weighted by atomic mass is 10.3. The van der Waals surface area contributed by atoms with Crippen LogP contribution in [0.15, 0.2) is 28.7 Å². The summed E-state index contributed by atoms with van der Waals surface area (Å²) in [5, 5.41) is 0.443. The van der Waals surface area contributed by atoms with Crippen molar-refractivity contribution in [1.29, 1.82) is 0 Å². The van der Waals surface area contributed by atoms with E-state index in [-0.39, 0.29) is 0 Å². The van der Waals surface area contributed by atoms with Crippen LogP contribution in [0.2, 0.25) is 5.35 Å². The van der Waals surface area contributed by atoms with Crippen LogP contribution in [0.25, 0.3) is 11.1 Å². The summed E-state index contributed by atoms with van der Waals surface area (Å²) in [7, 11) is -6.00. The standard InChI is InChI=1S/C9H9ClNO.BF4/c1-2-11-7-5-3-4-6-8(7)12-9(11)10;2-1(3,4)5/h3-6H,2H2,1H3;/q+1;-1. The lowest BCUT2D eigenvalue weighted by molar-refractivity contribution is -0.670. The van der Waals surface area contributed by atoms with Crippen molar-refractivity contribution in [3.63, 3.8) is 0 Å². The summed E-state index contributed by atoms with van der Waals surface area (Å²) in [5.41, 5.74) is 1.88. The molecule has 0 aliphatic rings. The van der Waals surface area contributed by atoms with E-state index in [1.54, 1.807) is 0 Å². The van der Waals surface area contributed by atoms with Gasteiger partial charge in [0.15, 0.2) is 6.54 Å². The molecule has 0 radical (unpaired) electrons. The smallest absolute Gasteiger partial charge is 0.418 e. The van der Waals surface area contributed by atoms with Gasteiger partial charge in [-0.25, -0.2) is 0 Å². The Labute approximate surface area is 99.9 Å². The van der Waals surface area contributed by atoms with E-state index in [9.17, 15) is 17.3 Å². The largest absolute Gasteiger partial charge is 0.673 e. The Morgan fingerprint density at radius 3 is 2.29 bits per heavy atom. The summed E-state index contributed by atoms with van der Waals surface area (Å²) in [4.78, 5) is 0. The zero-order valence-corrected chi connectivity index (χ0v) is 9.60. The highest BCUT2D eigenvalue weighted by molar-refractivity contribution is 6.50. The molecule has 2 nitrogen and oxygen atoms in total. The van der Waals surface area contributed by atoms with Crippen LogP contribution in [0.3, 0.4) is 0 Å². The second-order valence-corrected chi connectivity index (χ2v) is 3.39. The molecule has 0 aliphatic heterocycles. The Morgan fingerprint density at radius 1 is 1.24 bits per heavy atom. The molecule has 1 heterocycles. The van der Waals surface area contributed by atoms with E-state index in [4.69, 9.17) is 16.0 Å². The normalized spacial score (nSPS) is 11.2. The molecule has 94 valence electrons. The molecule has 0 atom stereocenters. The monoisotopic (exact) mass is 269 g/mol. The van der Waals surface area contributed by atoms with Gasteiger partial charge in [-0.15, -0.1) is 4.57 Å². The number of aryl methyl sites for hydroxylation is 1. The zero-order chi connectivity index (χ0) is 13.1. The van der Waals surface area contributed by atoms with Gasteiger partial charge < -0.3 is 21.7 Å². The molecule has 0 saturated heterocycles. The number of oxazole rings is 1. The fourth-order valence-corrected chi connectivity index (χ4v) is 1.60. The minimum absolute atomic E-state index is 0.443. The van der Waals surface area contributed by atoms with E-state index in [0.717, 1.165) is 17.6 Å². The van der Waals surface area contributed by atoms with Crippen molar-refractivity contribution in [3.05, 3.63) is 29.6 Å². The first kappa shape index (κ1) is 13.8. The molecule has 1 aromatic heterocycles. The molecule has 17 heavy (non-hydrogen) atoms. The highest BCUT2D eigenvalue weighted by atomic mass is 35.5. The van der Waals surface area contributed by atoms with Crippen LogP contribution in [0.4, 0.5) is 17.3 Å². The first-order valence-electron chi connectivity index (χ1n) is 4.77. The minimum atomic E-state index is -6.00. The number of rotatable bonds is 1. The van der Waals surface area contributed by atoms with Crippen molar-refractivity contribution >= 4 is 30.0 Å². The predicted molar refractivity (Wildman–Crippen MR) is 57.3 cm³/mol. The van der Waals surface area contributed by atoms with Crippen LogP contribution in [0.5, 0.6) is 0 Å². The zero-order valence-electron chi connectivity index (χ0n) is 8.84. The van der Waals surface area contributed by atoms with Crippen molar-refractivity contribution in [2.75, 3.05) is 0 Å². The highest BCUT2D eigenvalue weighted by Crippen LogP contribution is 2.15. The van der Waals surface area contributed by atoms with E-state index in [1.165, 1.54) is 0 Å². The SMILES string of the molecule is CC[n+]1c(Cl)oc2ccccc21.F[B-](F)(F)F. The summed E-state index contributed by atoms with van der Waals surface area (Å²) >= 11 is 5.86. The predicted octanol–water partition coefficient (Wildman–Crippen LogP) is 3.69. The average Bonchev–Trinajstić information content (AvgIpc) is 2.50. The Bertz CT molecular complexity index is 493. The van der Waals surface area contributed by atoms with Crippen molar-refractivity contribution in [1.82, 2.24) is 0 Å². The lowest BCUT2D eigenvalue weighted by Crippen LogP contribution is -2.31. The van der Waals surface area contributed by atoms with Gasteiger partial charge in [0.25, 0.3) is 5.52 Å². The molecule has 0 bridgehead atoms. The number of aromatic nitrogens is 1. The van der Waals surface area contributed by atoms with Gasteiger partial charge in [0.05, 0.1) is 0 Å². The third kappa shape index (κ3) is 4.26. The third-order valence-electron chi connectivity index (χ3n) is 1.88. The molecule has 0 saturated carbocycles. The summed E-state index contributed by atoms with van der Waals surface area (Å²) in [6.45, 7) is 2.86.